The molecule has 128 valence electrons. The monoisotopic (exact) mass is 348 g/mol. The fourth-order valence-corrected chi connectivity index (χ4v) is 2.93. The van der Waals surface area contributed by atoms with Gasteiger partial charge in [0.15, 0.2) is 0 Å². The van der Waals surface area contributed by atoms with E-state index in [1.165, 1.54) is 0 Å². The van der Waals surface area contributed by atoms with Gasteiger partial charge in [-0.05, 0) is 19.1 Å². The van der Waals surface area contributed by atoms with Crippen LogP contribution in [0, 0.1) is 6.92 Å². The Hall–Kier alpha value is -2.45. The molecule has 0 aliphatic heterocycles. The average Bonchev–Trinajstić information content (AvgIpc) is 2.89. The van der Waals surface area contributed by atoms with Gasteiger partial charge < -0.3 is 20.9 Å². The molecular weight excluding hydrogens is 328 g/mol. The van der Waals surface area contributed by atoms with Gasteiger partial charge in [-0.25, -0.2) is 0 Å². The highest BCUT2D eigenvalue weighted by Gasteiger charge is 2.13. The van der Waals surface area contributed by atoms with Crippen molar-refractivity contribution in [3.63, 3.8) is 0 Å². The fourth-order valence-electron chi connectivity index (χ4n) is 2.17. The highest BCUT2D eigenvalue weighted by Crippen LogP contribution is 2.15. The molecule has 0 aliphatic rings. The van der Waals surface area contributed by atoms with Crippen LogP contribution in [-0.4, -0.2) is 29.5 Å². The first-order valence-corrected chi connectivity index (χ1v) is 8.43. The number of carbonyl (C=O) groups is 2. The number of para-hydroxylation sites is 1. The molecule has 2 aromatic rings. The molecule has 8 heteroatoms. The number of rotatable bonds is 7. The van der Waals surface area contributed by atoms with Gasteiger partial charge in [-0.15, -0.1) is 0 Å². The summed E-state index contributed by atoms with van der Waals surface area (Å²) in [5.41, 5.74) is 7.02. The molecule has 1 aromatic heterocycles. The molecular formula is C16H20N4O3S. The number of nitrogens with two attached hydrogens (primary N) is 1. The number of hydrogen-bond acceptors (Lipinski definition) is 5. The molecule has 4 N–H and O–H groups in total. The van der Waals surface area contributed by atoms with Gasteiger partial charge >= 0.3 is 4.87 Å². The van der Waals surface area contributed by atoms with E-state index in [1.54, 1.807) is 34.2 Å². The molecule has 0 radical (unpaired) electrons. The lowest BCUT2D eigenvalue weighted by atomic mass is 10.1. The van der Waals surface area contributed by atoms with E-state index < -0.39 is 0 Å². The van der Waals surface area contributed by atoms with Crippen molar-refractivity contribution in [1.82, 2.24) is 9.88 Å². The quantitative estimate of drug-likeness (QED) is 0.692. The SMILES string of the molecule is Cc1csc(=O)n1CCC(=O)Nc1ccccc1C(=O)NCCN. The lowest BCUT2D eigenvalue weighted by Crippen LogP contribution is -2.30. The summed E-state index contributed by atoms with van der Waals surface area (Å²) in [4.78, 5) is 35.8. The van der Waals surface area contributed by atoms with Crippen LogP contribution in [0.4, 0.5) is 5.69 Å². The summed E-state index contributed by atoms with van der Waals surface area (Å²) in [5.74, 6) is -0.548. The van der Waals surface area contributed by atoms with E-state index in [4.69, 9.17) is 5.73 Å². The average molecular weight is 348 g/mol. The van der Waals surface area contributed by atoms with E-state index in [2.05, 4.69) is 10.6 Å². The summed E-state index contributed by atoms with van der Waals surface area (Å²) in [6, 6.07) is 6.76. The van der Waals surface area contributed by atoms with Crippen LogP contribution in [0.3, 0.4) is 0 Å². The predicted molar refractivity (Wildman–Crippen MR) is 94.4 cm³/mol. The Bertz CT molecular complexity index is 782. The maximum atomic E-state index is 12.1. The second kappa shape index (κ2) is 8.42. The number of nitrogens with zero attached hydrogens (tertiary/aromatic N) is 1. The molecule has 0 spiro atoms. The number of aryl methyl sites for hydroxylation is 1. The normalized spacial score (nSPS) is 10.4. The van der Waals surface area contributed by atoms with Gasteiger partial charge in [0.1, 0.15) is 0 Å². The van der Waals surface area contributed by atoms with Crippen LogP contribution in [0.15, 0.2) is 34.4 Å². The zero-order valence-corrected chi connectivity index (χ0v) is 14.2. The molecule has 2 rings (SSSR count). The number of amides is 2. The minimum absolute atomic E-state index is 0.0816. The minimum atomic E-state index is -0.291. The first-order chi connectivity index (χ1) is 11.5. The molecule has 1 aromatic carbocycles. The zero-order chi connectivity index (χ0) is 17.5. The van der Waals surface area contributed by atoms with Gasteiger partial charge in [-0.3, -0.25) is 14.4 Å². The molecule has 0 unspecified atom stereocenters. The van der Waals surface area contributed by atoms with Crippen LogP contribution < -0.4 is 21.2 Å². The van der Waals surface area contributed by atoms with Crippen LogP contribution in [0.2, 0.25) is 0 Å². The third kappa shape index (κ3) is 4.53. The van der Waals surface area contributed by atoms with Crippen molar-refractivity contribution in [1.29, 1.82) is 0 Å². The van der Waals surface area contributed by atoms with Gasteiger partial charge in [0.25, 0.3) is 5.91 Å². The number of nitrogens with one attached hydrogen (secondary N) is 2. The Morgan fingerprint density at radius 1 is 1.29 bits per heavy atom. The number of aromatic nitrogens is 1. The minimum Gasteiger partial charge on any atom is -0.351 e. The molecule has 24 heavy (non-hydrogen) atoms. The van der Waals surface area contributed by atoms with Crippen LogP contribution in [0.25, 0.3) is 0 Å². The first kappa shape index (κ1) is 17.9. The van der Waals surface area contributed by atoms with E-state index >= 15 is 0 Å². The molecule has 0 saturated carbocycles. The molecule has 0 saturated heterocycles. The molecule has 0 bridgehead atoms. The van der Waals surface area contributed by atoms with E-state index in [9.17, 15) is 14.4 Å². The summed E-state index contributed by atoms with van der Waals surface area (Å²) in [6.45, 7) is 2.84. The van der Waals surface area contributed by atoms with Crippen molar-refractivity contribution in [3.05, 3.63) is 50.6 Å². The maximum absolute atomic E-state index is 12.1. The van der Waals surface area contributed by atoms with Gasteiger partial charge in [0, 0.05) is 37.1 Å². The fraction of sp³-hybridized carbons (Fsp3) is 0.312. The van der Waals surface area contributed by atoms with Gasteiger partial charge in [-0.1, -0.05) is 23.5 Å². The Morgan fingerprint density at radius 2 is 2.04 bits per heavy atom. The molecule has 0 atom stereocenters. The molecule has 2 amide bonds. The topological polar surface area (TPSA) is 106 Å². The third-order valence-corrected chi connectivity index (χ3v) is 4.30. The smallest absolute Gasteiger partial charge is 0.307 e. The van der Waals surface area contributed by atoms with Crippen molar-refractivity contribution in [2.24, 2.45) is 5.73 Å². The molecule has 1 heterocycles. The molecule has 7 nitrogen and oxygen atoms in total. The second-order valence-corrected chi connectivity index (χ2v) is 6.00. The van der Waals surface area contributed by atoms with Crippen molar-refractivity contribution in [2.75, 3.05) is 18.4 Å². The van der Waals surface area contributed by atoms with Crippen LogP contribution >= 0.6 is 11.3 Å². The van der Waals surface area contributed by atoms with E-state index in [0.717, 1.165) is 17.0 Å². The van der Waals surface area contributed by atoms with Crippen molar-refractivity contribution in [3.8, 4) is 0 Å². The summed E-state index contributed by atoms with van der Waals surface area (Å²) < 4.78 is 1.56. The van der Waals surface area contributed by atoms with E-state index in [0.29, 0.717) is 30.9 Å². The van der Waals surface area contributed by atoms with Crippen molar-refractivity contribution in [2.45, 2.75) is 19.9 Å². The summed E-state index contributed by atoms with van der Waals surface area (Å²) in [5, 5.41) is 7.16. The van der Waals surface area contributed by atoms with Crippen LogP contribution in [0.5, 0.6) is 0 Å². The Kier molecular flexibility index (Phi) is 6.28. The van der Waals surface area contributed by atoms with Crippen LogP contribution in [-0.2, 0) is 11.3 Å². The largest absolute Gasteiger partial charge is 0.351 e. The number of hydrogen-bond donors (Lipinski definition) is 3. The third-order valence-electron chi connectivity index (χ3n) is 3.41. The maximum Gasteiger partial charge on any atom is 0.307 e. The summed E-state index contributed by atoms with van der Waals surface area (Å²) >= 11 is 1.11. The van der Waals surface area contributed by atoms with Crippen molar-refractivity contribution >= 4 is 28.8 Å². The zero-order valence-electron chi connectivity index (χ0n) is 13.4. The van der Waals surface area contributed by atoms with Crippen molar-refractivity contribution < 1.29 is 9.59 Å². The Labute approximate surface area is 143 Å². The highest BCUT2D eigenvalue weighted by atomic mass is 32.1. The number of thiazole rings is 1. The number of benzene rings is 1. The molecule has 0 aliphatic carbocycles. The first-order valence-electron chi connectivity index (χ1n) is 7.55. The second-order valence-electron chi connectivity index (χ2n) is 5.18. The van der Waals surface area contributed by atoms with Gasteiger partial charge in [0.2, 0.25) is 5.91 Å². The number of carbonyl (C=O) groups excluding carboxylic acids is 2. The Balaban J connectivity index is 2.01. The Morgan fingerprint density at radius 3 is 2.71 bits per heavy atom. The van der Waals surface area contributed by atoms with Crippen LogP contribution in [0.1, 0.15) is 22.5 Å². The molecule has 0 fully saturated rings. The highest BCUT2D eigenvalue weighted by molar-refractivity contribution is 7.07. The summed E-state index contributed by atoms with van der Waals surface area (Å²) in [6.07, 6.45) is 0.149. The lowest BCUT2D eigenvalue weighted by Gasteiger charge is -2.11. The number of anilines is 1. The van der Waals surface area contributed by atoms with Gasteiger partial charge in [0.05, 0.1) is 11.3 Å². The standard InChI is InChI=1S/C16H20N4O3S/c1-11-10-24-16(23)20(11)9-6-14(21)19-13-5-3-2-4-12(13)15(22)18-8-7-17/h2-5,10H,6-9,17H2,1H3,(H,18,22)(H,19,21). The van der Waals surface area contributed by atoms with E-state index in [-0.39, 0.29) is 23.1 Å². The lowest BCUT2D eigenvalue weighted by molar-refractivity contribution is -0.116. The van der Waals surface area contributed by atoms with Gasteiger partial charge in [-0.2, -0.15) is 0 Å². The summed E-state index contributed by atoms with van der Waals surface area (Å²) in [7, 11) is 0. The predicted octanol–water partition coefficient (Wildman–Crippen LogP) is 0.936. The van der Waals surface area contributed by atoms with E-state index in [1.807, 2.05) is 6.92 Å².